The van der Waals surface area contributed by atoms with Crippen LogP contribution in [0.4, 0.5) is 20.4 Å². The highest BCUT2D eigenvalue weighted by Gasteiger charge is 2.25. The van der Waals surface area contributed by atoms with Gasteiger partial charge in [-0.25, -0.2) is 27.2 Å². The largest absolute Gasteiger partial charge is 0.488 e. The number of pyridine rings is 1. The second kappa shape index (κ2) is 10.8. The van der Waals surface area contributed by atoms with Crippen molar-refractivity contribution in [3.63, 3.8) is 0 Å². The van der Waals surface area contributed by atoms with Crippen molar-refractivity contribution >= 4 is 32.6 Å². The van der Waals surface area contributed by atoms with Crippen molar-refractivity contribution in [2.75, 3.05) is 17.6 Å². The first-order chi connectivity index (χ1) is 19.0. The zero-order valence-corrected chi connectivity index (χ0v) is 22.5. The van der Waals surface area contributed by atoms with Gasteiger partial charge in [0.25, 0.3) is 15.6 Å². The number of halogens is 2. The molecule has 13 heteroatoms. The third-order valence-corrected chi connectivity index (χ3v) is 8.28. The Morgan fingerprint density at radius 2 is 1.75 bits per heavy atom. The predicted octanol–water partition coefficient (Wildman–Crippen LogP) is 4.29. The van der Waals surface area contributed by atoms with E-state index in [4.69, 9.17) is 15.2 Å². The van der Waals surface area contributed by atoms with Crippen LogP contribution in [0.15, 0.2) is 52.3 Å². The van der Waals surface area contributed by atoms with Crippen LogP contribution in [0.25, 0.3) is 22.0 Å². The van der Waals surface area contributed by atoms with E-state index in [1.165, 1.54) is 12.3 Å². The molecule has 40 heavy (non-hydrogen) atoms. The van der Waals surface area contributed by atoms with Crippen LogP contribution < -0.4 is 20.8 Å². The molecule has 1 saturated carbocycles. The molecular weight excluding hydrogens is 544 g/mol. The van der Waals surface area contributed by atoms with Crippen LogP contribution in [0.1, 0.15) is 31.4 Å². The predicted molar refractivity (Wildman–Crippen MR) is 146 cm³/mol. The molecule has 0 spiro atoms. The van der Waals surface area contributed by atoms with Crippen molar-refractivity contribution < 1.29 is 26.7 Å². The van der Waals surface area contributed by atoms with Crippen molar-refractivity contribution in [2.24, 2.45) is 0 Å². The molecule has 4 aromatic rings. The lowest BCUT2D eigenvalue weighted by Gasteiger charge is -2.28. The van der Waals surface area contributed by atoms with Crippen LogP contribution in [-0.4, -0.2) is 42.7 Å². The molecule has 4 N–H and O–H groups in total. The van der Waals surface area contributed by atoms with E-state index in [2.05, 4.69) is 19.7 Å². The molecule has 10 nitrogen and oxygen atoms in total. The third kappa shape index (κ3) is 5.61. The van der Waals surface area contributed by atoms with E-state index in [1.807, 2.05) is 0 Å². The van der Waals surface area contributed by atoms with Gasteiger partial charge in [-0.15, -0.1) is 0 Å². The maximum Gasteiger partial charge on any atom is 0.272 e. The fraction of sp³-hybridized carbons (Fsp3) is 0.296. The average molecular weight is 572 g/mol. The summed E-state index contributed by atoms with van der Waals surface area (Å²) in [4.78, 5) is 22.9. The van der Waals surface area contributed by atoms with Crippen LogP contribution >= 0.6 is 0 Å². The maximum absolute atomic E-state index is 14.2. The van der Waals surface area contributed by atoms with Crippen LogP contribution in [0.3, 0.4) is 0 Å². The van der Waals surface area contributed by atoms with Gasteiger partial charge in [-0.05, 0) is 68.5 Å². The van der Waals surface area contributed by atoms with Crippen molar-refractivity contribution in [1.29, 1.82) is 0 Å². The van der Waals surface area contributed by atoms with E-state index >= 15 is 0 Å². The number of nitrogens with zero attached hydrogens (tertiary/aromatic N) is 2. The highest BCUT2D eigenvalue weighted by molar-refractivity contribution is 7.92. The van der Waals surface area contributed by atoms with Crippen LogP contribution in [0.2, 0.25) is 0 Å². The molecule has 0 bridgehead atoms. The summed E-state index contributed by atoms with van der Waals surface area (Å²) in [5.41, 5.74) is 6.96. The first-order valence-corrected chi connectivity index (χ1v) is 14.0. The molecule has 0 saturated heterocycles. The van der Waals surface area contributed by atoms with E-state index in [-0.39, 0.29) is 23.8 Å². The zero-order valence-electron chi connectivity index (χ0n) is 21.7. The average Bonchev–Trinajstić information content (AvgIpc) is 2.90. The standard InChI is InChI=1S/C27H27F2N5O5S/c1-14-20-9-15(11-23(25(20)33-27(30)32-14)39-19-6-4-18(38-2)5-7-19)16-10-22(26(35)31-13-16)34-40(36,37)24-8-3-17(28)12-21(24)29/h3,8-13,18-19,34H,4-7H2,1-2H3,(H,31,35)(H2,30,32,33). The quantitative estimate of drug-likeness (QED) is 0.297. The first kappa shape index (κ1) is 27.5. The summed E-state index contributed by atoms with van der Waals surface area (Å²) in [6.07, 6.45) is 4.81. The van der Waals surface area contributed by atoms with Crippen molar-refractivity contribution in [3.05, 3.63) is 70.3 Å². The van der Waals surface area contributed by atoms with E-state index in [9.17, 15) is 22.0 Å². The Bertz CT molecular complexity index is 1750. The number of rotatable bonds is 7. The Kier molecular flexibility index (Phi) is 7.43. The molecule has 2 heterocycles. The molecule has 0 radical (unpaired) electrons. The van der Waals surface area contributed by atoms with Gasteiger partial charge in [0.15, 0.2) is 0 Å². The molecule has 1 fully saturated rings. The Labute approximate surface area is 228 Å². The second-order valence-corrected chi connectivity index (χ2v) is 11.3. The minimum absolute atomic E-state index is 0.0788. The molecule has 0 aliphatic heterocycles. The lowest BCUT2D eigenvalue weighted by molar-refractivity contribution is 0.0331. The van der Waals surface area contributed by atoms with Gasteiger partial charge in [-0.2, -0.15) is 0 Å². The number of hydrogen-bond acceptors (Lipinski definition) is 8. The number of aryl methyl sites for hydroxylation is 1. The number of ether oxygens (including phenoxy) is 2. The minimum Gasteiger partial charge on any atom is -0.488 e. The lowest BCUT2D eigenvalue weighted by atomic mass is 9.95. The van der Waals surface area contributed by atoms with Crippen molar-refractivity contribution in [2.45, 2.75) is 49.7 Å². The Hall–Kier alpha value is -4.10. The number of aromatic nitrogens is 3. The fourth-order valence-electron chi connectivity index (χ4n) is 4.81. The summed E-state index contributed by atoms with van der Waals surface area (Å²) in [7, 11) is -2.85. The van der Waals surface area contributed by atoms with Crippen LogP contribution in [0.5, 0.6) is 5.75 Å². The topological polar surface area (TPSA) is 149 Å². The number of hydrogen-bond donors (Lipinski definition) is 3. The van der Waals surface area contributed by atoms with Gasteiger partial charge in [0.05, 0.1) is 17.9 Å². The Morgan fingerprint density at radius 1 is 1.02 bits per heavy atom. The summed E-state index contributed by atoms with van der Waals surface area (Å²) in [5.74, 6) is -1.66. The molecule has 1 aliphatic rings. The first-order valence-electron chi connectivity index (χ1n) is 12.5. The van der Waals surface area contributed by atoms with Crippen molar-refractivity contribution in [1.82, 2.24) is 15.0 Å². The number of sulfonamides is 1. The lowest BCUT2D eigenvalue weighted by Crippen LogP contribution is -2.27. The monoisotopic (exact) mass is 571 g/mol. The molecule has 210 valence electrons. The number of nitrogen functional groups attached to an aromatic ring is 1. The normalized spacial score (nSPS) is 17.6. The number of methoxy groups -OCH3 is 1. The number of benzene rings is 2. The molecule has 2 aromatic carbocycles. The summed E-state index contributed by atoms with van der Waals surface area (Å²) >= 11 is 0. The summed E-state index contributed by atoms with van der Waals surface area (Å²) in [6, 6.07) is 6.89. The highest BCUT2D eigenvalue weighted by atomic mass is 32.2. The van der Waals surface area contributed by atoms with Gasteiger partial charge < -0.3 is 20.2 Å². The minimum atomic E-state index is -4.54. The SMILES string of the molecule is COC1CCC(Oc2cc(-c3c[nH]c(=O)c(NS(=O)(=O)c4ccc(F)cc4F)c3)cc3c(C)nc(N)nc23)CC1. The fourth-order valence-corrected chi connectivity index (χ4v) is 5.93. The van der Waals surface area contributed by atoms with E-state index in [1.54, 1.807) is 26.2 Å². The number of anilines is 2. The van der Waals surface area contributed by atoms with E-state index < -0.39 is 32.1 Å². The van der Waals surface area contributed by atoms with E-state index in [0.29, 0.717) is 39.5 Å². The van der Waals surface area contributed by atoms with Crippen LogP contribution in [0, 0.1) is 18.6 Å². The van der Waals surface area contributed by atoms with Gasteiger partial charge in [-0.1, -0.05) is 0 Å². The number of nitrogens with two attached hydrogens (primary N) is 1. The Morgan fingerprint density at radius 3 is 2.45 bits per heavy atom. The van der Waals surface area contributed by atoms with Crippen LogP contribution in [-0.2, 0) is 14.8 Å². The molecule has 0 amide bonds. The van der Waals surface area contributed by atoms with Gasteiger partial charge in [-0.3, -0.25) is 9.52 Å². The molecular formula is C27H27F2N5O5S. The maximum atomic E-state index is 14.2. The summed E-state index contributed by atoms with van der Waals surface area (Å²) in [5, 5.41) is 0.661. The van der Waals surface area contributed by atoms with E-state index in [0.717, 1.165) is 37.8 Å². The van der Waals surface area contributed by atoms with Crippen molar-refractivity contribution in [3.8, 4) is 16.9 Å². The smallest absolute Gasteiger partial charge is 0.272 e. The third-order valence-electron chi connectivity index (χ3n) is 6.89. The summed E-state index contributed by atoms with van der Waals surface area (Å²) < 4.78 is 67.1. The number of nitrogens with one attached hydrogen (secondary N) is 2. The number of aromatic amines is 1. The molecule has 0 atom stereocenters. The van der Waals surface area contributed by atoms with Gasteiger partial charge in [0, 0.05) is 30.3 Å². The van der Waals surface area contributed by atoms with Gasteiger partial charge in [0.2, 0.25) is 5.95 Å². The highest BCUT2D eigenvalue weighted by Crippen LogP contribution is 2.36. The number of H-pyrrole nitrogens is 1. The second-order valence-electron chi connectivity index (χ2n) is 9.60. The molecule has 0 unspecified atom stereocenters. The number of fused-ring (bicyclic) bond motifs is 1. The Balaban J connectivity index is 1.54. The molecule has 2 aromatic heterocycles. The van der Waals surface area contributed by atoms with Gasteiger partial charge in [0.1, 0.15) is 33.5 Å². The summed E-state index contributed by atoms with van der Waals surface area (Å²) in [6.45, 7) is 1.78. The molecule has 5 rings (SSSR count). The molecule has 1 aliphatic carbocycles. The zero-order chi connectivity index (χ0) is 28.6. The van der Waals surface area contributed by atoms with Gasteiger partial charge >= 0.3 is 0 Å².